The fourth-order valence-corrected chi connectivity index (χ4v) is 3.83. The maximum absolute atomic E-state index is 12.7. The Labute approximate surface area is 223 Å². The Balaban J connectivity index is 2.11. The highest BCUT2D eigenvalue weighted by atomic mass is 79.9. The van der Waals surface area contributed by atoms with Gasteiger partial charge in [-0.25, -0.2) is 10.2 Å². The van der Waals surface area contributed by atoms with Gasteiger partial charge < -0.3 is 19.5 Å². The van der Waals surface area contributed by atoms with Crippen LogP contribution in [0.5, 0.6) is 11.5 Å². The van der Waals surface area contributed by atoms with Gasteiger partial charge in [0.25, 0.3) is 11.8 Å². The van der Waals surface area contributed by atoms with Crippen LogP contribution in [-0.2, 0) is 14.3 Å². The summed E-state index contributed by atoms with van der Waals surface area (Å²) in [4.78, 5) is 37.0. The van der Waals surface area contributed by atoms with Gasteiger partial charge in [0.15, 0.2) is 18.1 Å². The van der Waals surface area contributed by atoms with E-state index < -0.39 is 23.8 Å². The second kappa shape index (κ2) is 14.4. The van der Waals surface area contributed by atoms with Crippen LogP contribution in [0, 0.1) is 5.92 Å². The minimum Gasteiger partial charge on any atom is -0.490 e. The molecule has 1 atom stereocenters. The van der Waals surface area contributed by atoms with E-state index in [1.165, 1.54) is 6.21 Å². The molecule has 36 heavy (non-hydrogen) atoms. The van der Waals surface area contributed by atoms with Crippen LogP contribution in [0.3, 0.4) is 0 Å². The molecule has 0 aromatic heterocycles. The molecular weight excluding hydrogens is 554 g/mol. The van der Waals surface area contributed by atoms with E-state index in [1.54, 1.807) is 57.2 Å². The monoisotopic (exact) mass is 581 g/mol. The van der Waals surface area contributed by atoms with Gasteiger partial charge in [-0.1, -0.05) is 37.6 Å². The van der Waals surface area contributed by atoms with E-state index in [-0.39, 0.29) is 24.7 Å². The number of rotatable bonds is 12. The summed E-state index contributed by atoms with van der Waals surface area (Å²) in [5.41, 5.74) is 3.33. The highest BCUT2D eigenvalue weighted by molar-refractivity contribution is 9.10. The van der Waals surface area contributed by atoms with Crippen LogP contribution < -0.4 is 20.2 Å². The number of halogens is 2. The third-order valence-electron chi connectivity index (χ3n) is 4.71. The Kier molecular flexibility index (Phi) is 11.7. The third kappa shape index (κ3) is 8.53. The van der Waals surface area contributed by atoms with Crippen LogP contribution in [0.25, 0.3) is 0 Å². The molecule has 0 aliphatic heterocycles. The Bertz CT molecular complexity index is 1110. The molecule has 2 aromatic carbocycles. The Morgan fingerprint density at radius 1 is 1.11 bits per heavy atom. The number of nitrogens with one attached hydrogen (secondary N) is 2. The maximum Gasteiger partial charge on any atom is 0.344 e. The molecule has 11 heteroatoms. The van der Waals surface area contributed by atoms with Crippen molar-refractivity contribution in [3.05, 3.63) is 57.0 Å². The molecule has 0 spiro atoms. The first-order valence-electron chi connectivity index (χ1n) is 11.3. The minimum absolute atomic E-state index is 0.207. The molecule has 0 bridgehead atoms. The molecule has 2 rings (SSSR count). The smallest absolute Gasteiger partial charge is 0.344 e. The van der Waals surface area contributed by atoms with Gasteiger partial charge in [-0.2, -0.15) is 5.10 Å². The molecular formula is C25H29BrClN3O6. The van der Waals surface area contributed by atoms with E-state index >= 15 is 0 Å². The number of hydrogen-bond donors (Lipinski definition) is 2. The molecule has 0 saturated heterocycles. The lowest BCUT2D eigenvalue weighted by atomic mass is 10.0. The van der Waals surface area contributed by atoms with Gasteiger partial charge in [0.2, 0.25) is 0 Å². The number of hydrogen-bond acceptors (Lipinski definition) is 7. The molecule has 0 heterocycles. The molecule has 1 unspecified atom stereocenters. The predicted octanol–water partition coefficient (Wildman–Crippen LogP) is 4.35. The van der Waals surface area contributed by atoms with Crippen molar-refractivity contribution in [1.82, 2.24) is 10.7 Å². The van der Waals surface area contributed by atoms with Crippen molar-refractivity contribution < 1.29 is 28.6 Å². The number of benzene rings is 2. The number of carbonyl (C=O) groups is 3. The van der Waals surface area contributed by atoms with Gasteiger partial charge in [0.1, 0.15) is 6.04 Å². The standard InChI is InChI=1S/C25H29BrClN3O6/c1-5-34-20-12-16(11-18(26)23(20)36-14-21(31)35-6-2)13-28-30-25(33)22(15(3)4)29-24(32)17-9-7-8-10-19(17)27/h7-13,15,22H,5-6,14H2,1-4H3,(H,29,32)(H,30,33)/b28-13+. The fraction of sp³-hybridized carbons (Fsp3) is 0.360. The molecule has 2 amide bonds. The highest BCUT2D eigenvalue weighted by Gasteiger charge is 2.25. The zero-order valence-electron chi connectivity index (χ0n) is 20.5. The quantitative estimate of drug-likeness (QED) is 0.218. The average Bonchev–Trinajstić information content (AvgIpc) is 2.82. The van der Waals surface area contributed by atoms with Gasteiger partial charge in [0.05, 0.1) is 34.5 Å². The summed E-state index contributed by atoms with van der Waals surface area (Å²) in [6.45, 7) is 7.48. The van der Waals surface area contributed by atoms with E-state index in [4.69, 9.17) is 25.8 Å². The summed E-state index contributed by atoms with van der Waals surface area (Å²) in [5, 5.41) is 7.02. The van der Waals surface area contributed by atoms with Gasteiger partial charge >= 0.3 is 5.97 Å². The lowest BCUT2D eigenvalue weighted by molar-refractivity contribution is -0.145. The number of nitrogens with zero attached hydrogens (tertiary/aromatic N) is 1. The van der Waals surface area contributed by atoms with Crippen molar-refractivity contribution in [1.29, 1.82) is 0 Å². The van der Waals surface area contributed by atoms with Crippen LogP contribution in [0.4, 0.5) is 0 Å². The molecule has 9 nitrogen and oxygen atoms in total. The van der Waals surface area contributed by atoms with Gasteiger partial charge in [0, 0.05) is 0 Å². The van der Waals surface area contributed by atoms with Crippen LogP contribution in [0.2, 0.25) is 5.02 Å². The van der Waals surface area contributed by atoms with Crippen LogP contribution in [0.15, 0.2) is 46.0 Å². The summed E-state index contributed by atoms with van der Waals surface area (Å²) in [5.74, 6) is -0.922. The summed E-state index contributed by atoms with van der Waals surface area (Å²) in [6, 6.07) is 9.11. The van der Waals surface area contributed by atoms with Crippen molar-refractivity contribution in [2.45, 2.75) is 33.7 Å². The molecule has 194 valence electrons. The summed E-state index contributed by atoms with van der Waals surface area (Å²) >= 11 is 9.50. The topological polar surface area (TPSA) is 115 Å². The molecule has 0 saturated carbocycles. The summed E-state index contributed by atoms with van der Waals surface area (Å²) < 4.78 is 16.6. The van der Waals surface area contributed by atoms with Crippen molar-refractivity contribution in [2.24, 2.45) is 11.0 Å². The lowest BCUT2D eigenvalue weighted by Gasteiger charge is -2.20. The zero-order valence-corrected chi connectivity index (χ0v) is 22.8. The number of esters is 1. The highest BCUT2D eigenvalue weighted by Crippen LogP contribution is 2.36. The minimum atomic E-state index is -0.838. The molecule has 2 aromatic rings. The normalized spacial score (nSPS) is 11.8. The molecule has 2 N–H and O–H groups in total. The van der Waals surface area contributed by atoms with Crippen molar-refractivity contribution in [2.75, 3.05) is 19.8 Å². The first-order chi connectivity index (χ1) is 17.2. The second-order valence-corrected chi connectivity index (χ2v) is 9.03. The van der Waals surface area contributed by atoms with E-state index in [1.807, 2.05) is 6.92 Å². The maximum atomic E-state index is 12.7. The van der Waals surface area contributed by atoms with Gasteiger partial charge in [-0.3, -0.25) is 9.59 Å². The first-order valence-corrected chi connectivity index (χ1v) is 12.5. The van der Waals surface area contributed by atoms with Crippen molar-refractivity contribution in [3.63, 3.8) is 0 Å². The van der Waals surface area contributed by atoms with E-state index in [0.29, 0.717) is 33.2 Å². The van der Waals surface area contributed by atoms with Crippen LogP contribution in [-0.4, -0.2) is 49.9 Å². The van der Waals surface area contributed by atoms with Gasteiger partial charge in [-0.15, -0.1) is 0 Å². The predicted molar refractivity (Wildman–Crippen MR) is 141 cm³/mol. The first kappa shape index (κ1) is 29.1. The van der Waals surface area contributed by atoms with E-state index in [9.17, 15) is 14.4 Å². The van der Waals surface area contributed by atoms with Crippen LogP contribution in [0.1, 0.15) is 43.6 Å². The lowest BCUT2D eigenvalue weighted by Crippen LogP contribution is -2.48. The number of carbonyl (C=O) groups excluding carboxylic acids is 3. The second-order valence-electron chi connectivity index (χ2n) is 7.77. The molecule has 0 fully saturated rings. The van der Waals surface area contributed by atoms with E-state index in [0.717, 1.165) is 0 Å². The molecule has 0 aliphatic carbocycles. The van der Waals surface area contributed by atoms with Crippen LogP contribution >= 0.6 is 27.5 Å². The van der Waals surface area contributed by atoms with Gasteiger partial charge in [-0.05, 0) is 65.5 Å². The van der Waals surface area contributed by atoms with Crippen molar-refractivity contribution >= 4 is 51.5 Å². The Hall–Kier alpha value is -3.11. The zero-order chi connectivity index (χ0) is 26.7. The SMILES string of the molecule is CCOC(=O)COc1c(Br)cc(/C=N/NC(=O)C(NC(=O)c2ccccc2Cl)C(C)C)cc1OCC. The summed E-state index contributed by atoms with van der Waals surface area (Å²) in [7, 11) is 0. The Morgan fingerprint density at radius 3 is 2.47 bits per heavy atom. The number of ether oxygens (including phenoxy) is 3. The third-order valence-corrected chi connectivity index (χ3v) is 5.63. The number of hydrazone groups is 1. The summed E-state index contributed by atoms with van der Waals surface area (Å²) in [6.07, 6.45) is 1.42. The van der Waals surface area contributed by atoms with E-state index in [2.05, 4.69) is 31.8 Å². The average molecular weight is 583 g/mol. The molecule has 0 radical (unpaired) electrons. The fourth-order valence-electron chi connectivity index (χ4n) is 3.04. The van der Waals surface area contributed by atoms with Crippen molar-refractivity contribution in [3.8, 4) is 11.5 Å². The largest absolute Gasteiger partial charge is 0.490 e. The number of amides is 2. The molecule has 0 aliphatic rings. The Morgan fingerprint density at radius 2 is 1.83 bits per heavy atom.